The van der Waals surface area contributed by atoms with Crippen LogP contribution in [0.4, 0.5) is 0 Å². The van der Waals surface area contributed by atoms with E-state index in [1.807, 2.05) is 66.7 Å². The maximum atomic E-state index is 10.9. The molecule has 0 amide bonds. The van der Waals surface area contributed by atoms with E-state index in [1.165, 1.54) is 12.1 Å². The number of phenols is 2. The summed E-state index contributed by atoms with van der Waals surface area (Å²) < 4.78 is 18.4. The van der Waals surface area contributed by atoms with Gasteiger partial charge in [-0.05, 0) is 28.8 Å². The summed E-state index contributed by atoms with van der Waals surface area (Å²) in [5, 5.41) is 30.5. The fourth-order valence-corrected chi connectivity index (χ4v) is 4.13. The van der Waals surface area contributed by atoms with Gasteiger partial charge in [0.25, 0.3) is 0 Å². The first-order valence-electron chi connectivity index (χ1n) is 11.4. The van der Waals surface area contributed by atoms with Crippen LogP contribution in [0.1, 0.15) is 28.4 Å². The van der Waals surface area contributed by atoms with Crippen molar-refractivity contribution in [2.24, 2.45) is 0 Å². The van der Waals surface area contributed by atoms with Gasteiger partial charge in [-0.25, -0.2) is 0 Å². The van der Waals surface area contributed by atoms with E-state index >= 15 is 0 Å². The average molecular weight is 471 g/mol. The molecular weight excluding hydrogens is 444 g/mol. The van der Waals surface area contributed by atoms with E-state index in [4.69, 9.17) is 14.2 Å². The maximum Gasteiger partial charge on any atom is 0.157 e. The fourth-order valence-electron chi connectivity index (χ4n) is 4.13. The molecule has 3 N–H and O–H groups in total. The smallest absolute Gasteiger partial charge is 0.157 e. The number of rotatable bonds is 7. The van der Waals surface area contributed by atoms with Crippen molar-refractivity contribution < 1.29 is 29.5 Å². The lowest BCUT2D eigenvalue weighted by Crippen LogP contribution is -2.30. The van der Waals surface area contributed by atoms with Gasteiger partial charge in [-0.1, -0.05) is 66.7 Å². The summed E-state index contributed by atoms with van der Waals surface area (Å²) in [6, 6.07) is 27.7. The van der Waals surface area contributed by atoms with Crippen molar-refractivity contribution in [2.45, 2.75) is 31.8 Å². The van der Waals surface area contributed by atoms with Crippen LogP contribution in [0, 0.1) is 0 Å². The van der Waals surface area contributed by atoms with Gasteiger partial charge in [-0.3, -0.25) is 0 Å². The lowest BCUT2D eigenvalue weighted by atomic mass is 9.94. The minimum atomic E-state index is -0.874. The molecule has 5 rings (SSSR count). The zero-order valence-corrected chi connectivity index (χ0v) is 19.0. The van der Waals surface area contributed by atoms with Crippen LogP contribution >= 0.6 is 0 Å². The molecule has 0 aliphatic carbocycles. The molecule has 0 saturated carbocycles. The summed E-state index contributed by atoms with van der Waals surface area (Å²) >= 11 is 0. The van der Waals surface area contributed by atoms with E-state index in [2.05, 4.69) is 0 Å². The lowest BCUT2D eigenvalue weighted by Gasteiger charge is -2.32. The van der Waals surface area contributed by atoms with Crippen molar-refractivity contribution in [3.8, 4) is 28.7 Å². The van der Waals surface area contributed by atoms with Gasteiger partial charge in [0.05, 0.1) is 6.10 Å². The summed E-state index contributed by atoms with van der Waals surface area (Å²) in [5.41, 5.74) is 3.36. The predicted molar refractivity (Wildman–Crippen MR) is 131 cm³/mol. The van der Waals surface area contributed by atoms with E-state index in [0.717, 1.165) is 16.7 Å². The standard InChI is InChI=1S/C29H26O6/c30-24-12-11-21(13-25(24)31)29-26(32)16-23-27(34-18-20-9-5-2-6-10-20)14-22(15-28(23)35-29)33-17-19-7-3-1-4-8-19/h1-15,26,29-32H,16-18H2/t26-,29-/m1/s1. The third kappa shape index (κ3) is 5.18. The number of hydrogen-bond donors (Lipinski definition) is 3. The summed E-state index contributed by atoms with van der Waals surface area (Å²) in [5.74, 6) is 1.21. The molecule has 1 aliphatic rings. The van der Waals surface area contributed by atoms with E-state index in [0.29, 0.717) is 42.4 Å². The van der Waals surface area contributed by atoms with Gasteiger partial charge in [0.15, 0.2) is 11.5 Å². The van der Waals surface area contributed by atoms with Gasteiger partial charge in [0, 0.05) is 24.1 Å². The van der Waals surface area contributed by atoms with Crippen LogP contribution in [0.25, 0.3) is 0 Å². The molecule has 35 heavy (non-hydrogen) atoms. The zero-order chi connectivity index (χ0) is 24.2. The Hall–Kier alpha value is -4.16. The molecule has 1 aliphatic heterocycles. The number of ether oxygens (including phenoxy) is 3. The minimum absolute atomic E-state index is 0.229. The Kier molecular flexibility index (Phi) is 6.46. The topological polar surface area (TPSA) is 88.4 Å². The summed E-state index contributed by atoms with van der Waals surface area (Å²) in [6.45, 7) is 0.746. The third-order valence-corrected chi connectivity index (χ3v) is 5.97. The highest BCUT2D eigenvalue weighted by Gasteiger charge is 2.33. The van der Waals surface area contributed by atoms with E-state index in [-0.39, 0.29) is 11.5 Å². The summed E-state index contributed by atoms with van der Waals surface area (Å²) in [7, 11) is 0. The van der Waals surface area contributed by atoms with Crippen LogP contribution in [0.2, 0.25) is 0 Å². The average Bonchev–Trinajstić information content (AvgIpc) is 2.89. The fraction of sp³-hybridized carbons (Fsp3) is 0.172. The second-order valence-electron chi connectivity index (χ2n) is 8.50. The highest BCUT2D eigenvalue weighted by Crippen LogP contribution is 2.44. The van der Waals surface area contributed by atoms with Gasteiger partial charge in [0.2, 0.25) is 0 Å². The van der Waals surface area contributed by atoms with Crippen LogP contribution in [-0.4, -0.2) is 21.4 Å². The van der Waals surface area contributed by atoms with Gasteiger partial charge >= 0.3 is 0 Å². The first-order valence-corrected chi connectivity index (χ1v) is 11.4. The molecule has 2 atom stereocenters. The van der Waals surface area contributed by atoms with E-state index in [9.17, 15) is 15.3 Å². The molecule has 0 aromatic heterocycles. The lowest BCUT2D eigenvalue weighted by molar-refractivity contribution is 0.0193. The molecule has 178 valence electrons. The molecule has 0 fully saturated rings. The molecule has 4 aromatic rings. The van der Waals surface area contributed by atoms with Crippen LogP contribution in [0.3, 0.4) is 0 Å². The Morgan fingerprint density at radius 1 is 0.743 bits per heavy atom. The number of fused-ring (bicyclic) bond motifs is 1. The molecule has 0 unspecified atom stereocenters. The molecule has 0 saturated heterocycles. The van der Waals surface area contributed by atoms with Crippen LogP contribution in [0.15, 0.2) is 91.0 Å². The number of aromatic hydroxyl groups is 2. The molecule has 0 bridgehead atoms. The van der Waals surface area contributed by atoms with Gasteiger partial charge < -0.3 is 29.5 Å². The van der Waals surface area contributed by atoms with Crippen molar-refractivity contribution in [1.29, 1.82) is 0 Å². The normalized spacial score (nSPS) is 16.7. The molecule has 6 heteroatoms. The number of aliphatic hydroxyl groups excluding tert-OH is 1. The Balaban J connectivity index is 1.45. The second-order valence-corrected chi connectivity index (χ2v) is 8.50. The number of phenolic OH excluding ortho intramolecular Hbond substituents is 2. The van der Waals surface area contributed by atoms with E-state index in [1.54, 1.807) is 12.1 Å². The second kappa shape index (κ2) is 9.99. The number of aliphatic hydroxyl groups is 1. The highest BCUT2D eigenvalue weighted by atomic mass is 16.5. The van der Waals surface area contributed by atoms with Crippen molar-refractivity contribution in [3.05, 3.63) is 113 Å². The van der Waals surface area contributed by atoms with Gasteiger partial charge in [-0.15, -0.1) is 0 Å². The first kappa shape index (κ1) is 22.6. The SMILES string of the molecule is Oc1ccc([C@H]2Oc3cc(OCc4ccccc4)cc(OCc4ccccc4)c3C[C@H]2O)cc1O. The van der Waals surface area contributed by atoms with Crippen LogP contribution < -0.4 is 14.2 Å². The van der Waals surface area contributed by atoms with Crippen molar-refractivity contribution in [1.82, 2.24) is 0 Å². The predicted octanol–water partition coefficient (Wildman–Crippen LogP) is 5.29. The molecule has 4 aromatic carbocycles. The molecule has 1 heterocycles. The molecule has 6 nitrogen and oxygen atoms in total. The Morgan fingerprint density at radius 3 is 2.06 bits per heavy atom. The van der Waals surface area contributed by atoms with Gasteiger partial charge in [0.1, 0.15) is 36.6 Å². The minimum Gasteiger partial charge on any atom is -0.504 e. The highest BCUT2D eigenvalue weighted by molar-refractivity contribution is 5.53. The Labute approximate surface area is 203 Å². The Morgan fingerprint density at radius 2 is 1.40 bits per heavy atom. The molecular formula is C29H26O6. The summed E-state index contributed by atoms with van der Waals surface area (Å²) in [6.07, 6.45) is -1.30. The number of hydrogen-bond acceptors (Lipinski definition) is 6. The van der Waals surface area contributed by atoms with Crippen LogP contribution in [-0.2, 0) is 19.6 Å². The van der Waals surface area contributed by atoms with Gasteiger partial charge in [-0.2, -0.15) is 0 Å². The summed E-state index contributed by atoms with van der Waals surface area (Å²) in [4.78, 5) is 0. The number of benzene rings is 4. The zero-order valence-electron chi connectivity index (χ0n) is 19.0. The largest absolute Gasteiger partial charge is 0.504 e. The Bertz CT molecular complexity index is 1290. The monoisotopic (exact) mass is 470 g/mol. The third-order valence-electron chi connectivity index (χ3n) is 5.97. The van der Waals surface area contributed by atoms with E-state index < -0.39 is 12.2 Å². The maximum absolute atomic E-state index is 10.9. The van der Waals surface area contributed by atoms with Crippen molar-refractivity contribution in [3.63, 3.8) is 0 Å². The molecule has 0 spiro atoms. The first-order chi connectivity index (χ1) is 17.1. The molecule has 0 radical (unpaired) electrons. The van der Waals surface area contributed by atoms with Crippen LogP contribution in [0.5, 0.6) is 28.7 Å². The quantitative estimate of drug-likeness (QED) is 0.318. The van der Waals surface area contributed by atoms with Crippen molar-refractivity contribution >= 4 is 0 Å². The van der Waals surface area contributed by atoms with Crippen molar-refractivity contribution in [2.75, 3.05) is 0 Å².